The molecule has 0 bridgehead atoms. The highest BCUT2D eigenvalue weighted by Gasteiger charge is 2.25. The van der Waals surface area contributed by atoms with Crippen molar-refractivity contribution < 1.29 is 0 Å². The van der Waals surface area contributed by atoms with Crippen LogP contribution in [-0.2, 0) is 0 Å². The van der Waals surface area contributed by atoms with Gasteiger partial charge in [0.15, 0.2) is 0 Å². The molecule has 2 N–H and O–H groups in total. The van der Waals surface area contributed by atoms with Crippen LogP contribution in [0.4, 0.5) is 0 Å². The number of allylic oxidation sites excluding steroid dienone is 3. The molecule has 0 radical (unpaired) electrons. The Bertz CT molecular complexity index is 235. The zero-order chi connectivity index (χ0) is 7.84. The lowest BCUT2D eigenvalue weighted by Gasteiger charge is -2.19. The zero-order valence-electron chi connectivity index (χ0n) is 7.06. The topological polar surface area (TPSA) is 26.0 Å². The van der Waals surface area contributed by atoms with Gasteiger partial charge in [0.2, 0.25) is 0 Å². The summed E-state index contributed by atoms with van der Waals surface area (Å²) in [5.74, 6) is 0.849. The molecule has 0 aromatic heterocycles. The summed E-state index contributed by atoms with van der Waals surface area (Å²) < 4.78 is 0. The molecule has 60 valence electrons. The van der Waals surface area contributed by atoms with Gasteiger partial charge in [0, 0.05) is 5.70 Å². The van der Waals surface area contributed by atoms with Crippen LogP contribution < -0.4 is 5.73 Å². The van der Waals surface area contributed by atoms with Crippen LogP contribution in [0, 0.1) is 5.92 Å². The molecule has 2 rings (SSSR count). The molecule has 1 saturated carbocycles. The molecule has 0 aliphatic heterocycles. The predicted molar refractivity (Wildman–Crippen MR) is 46.9 cm³/mol. The first-order valence-electron chi connectivity index (χ1n) is 4.44. The average Bonchev–Trinajstić information content (AvgIpc) is 2.45. The van der Waals surface area contributed by atoms with Crippen LogP contribution in [0.5, 0.6) is 0 Å². The first kappa shape index (κ1) is 6.96. The minimum Gasteiger partial charge on any atom is -0.399 e. The third-order valence-corrected chi connectivity index (χ3v) is 3.03. The third-order valence-electron chi connectivity index (χ3n) is 3.03. The third kappa shape index (κ3) is 0.991. The Kier molecular flexibility index (Phi) is 1.52. The fraction of sp³-hybridized carbons (Fsp3) is 0.600. The molecular formula is C10H15N. The van der Waals surface area contributed by atoms with Gasteiger partial charge in [-0.25, -0.2) is 0 Å². The fourth-order valence-electron chi connectivity index (χ4n) is 2.28. The summed E-state index contributed by atoms with van der Waals surface area (Å²) in [6.45, 7) is 2.17. The lowest BCUT2D eigenvalue weighted by atomic mass is 9.89. The first-order chi connectivity index (χ1) is 5.29. The van der Waals surface area contributed by atoms with Crippen molar-refractivity contribution in [1.82, 2.24) is 0 Å². The number of hydrogen-bond donors (Lipinski definition) is 1. The molecule has 1 unspecified atom stereocenters. The number of nitrogens with two attached hydrogens (primary N) is 1. The fourth-order valence-corrected chi connectivity index (χ4v) is 2.28. The molecule has 0 saturated heterocycles. The molecule has 1 heteroatoms. The van der Waals surface area contributed by atoms with Crippen LogP contribution in [0.2, 0.25) is 0 Å². The van der Waals surface area contributed by atoms with Gasteiger partial charge in [-0.15, -0.1) is 0 Å². The van der Waals surface area contributed by atoms with Gasteiger partial charge in [0.1, 0.15) is 0 Å². The summed E-state index contributed by atoms with van der Waals surface area (Å²) in [7, 11) is 0. The molecule has 2 aliphatic carbocycles. The largest absolute Gasteiger partial charge is 0.399 e. The Hall–Kier alpha value is -0.720. The first-order valence-corrected chi connectivity index (χ1v) is 4.44. The molecule has 0 aromatic carbocycles. The Labute approximate surface area is 68.0 Å². The van der Waals surface area contributed by atoms with Crippen LogP contribution in [0.25, 0.3) is 0 Å². The summed E-state index contributed by atoms with van der Waals surface area (Å²) in [6, 6.07) is 0. The maximum Gasteiger partial charge on any atom is 0.0303 e. The Balaban J connectivity index is 2.36. The number of rotatable bonds is 0. The van der Waals surface area contributed by atoms with E-state index in [1.807, 2.05) is 0 Å². The van der Waals surface area contributed by atoms with E-state index < -0.39 is 0 Å². The van der Waals surface area contributed by atoms with Crippen LogP contribution in [0.3, 0.4) is 0 Å². The second-order valence-corrected chi connectivity index (χ2v) is 3.63. The Morgan fingerprint density at radius 1 is 1.55 bits per heavy atom. The predicted octanol–water partition coefficient (Wildman–Crippen LogP) is 2.35. The molecule has 0 spiro atoms. The van der Waals surface area contributed by atoms with E-state index in [1.54, 1.807) is 5.57 Å². The van der Waals surface area contributed by atoms with Crippen LogP contribution in [0.15, 0.2) is 22.9 Å². The molecule has 2 aliphatic rings. The van der Waals surface area contributed by atoms with Gasteiger partial charge in [-0.05, 0) is 44.1 Å². The highest BCUT2D eigenvalue weighted by atomic mass is 14.6. The summed E-state index contributed by atoms with van der Waals surface area (Å²) in [5.41, 5.74) is 9.88. The molecule has 0 heterocycles. The Morgan fingerprint density at radius 3 is 3.18 bits per heavy atom. The standard InChI is InChI=1S/C10H15N/c1-7-9-4-2-3-8(9)5-6-10(7)11/h6,8H,2-5,11H2,1H3. The van der Waals surface area contributed by atoms with Gasteiger partial charge in [-0.1, -0.05) is 11.6 Å². The molecule has 1 atom stereocenters. The smallest absolute Gasteiger partial charge is 0.0303 e. The minimum absolute atomic E-state index is 0.849. The molecule has 1 fully saturated rings. The van der Waals surface area contributed by atoms with E-state index in [4.69, 9.17) is 5.73 Å². The van der Waals surface area contributed by atoms with Crippen molar-refractivity contribution in [3.8, 4) is 0 Å². The normalized spacial score (nSPS) is 30.3. The van der Waals surface area contributed by atoms with Crippen LogP contribution >= 0.6 is 0 Å². The van der Waals surface area contributed by atoms with Gasteiger partial charge in [0.25, 0.3) is 0 Å². The van der Waals surface area contributed by atoms with Crippen molar-refractivity contribution in [1.29, 1.82) is 0 Å². The van der Waals surface area contributed by atoms with Crippen molar-refractivity contribution in [2.45, 2.75) is 32.6 Å². The molecule has 0 aromatic rings. The summed E-state index contributed by atoms with van der Waals surface area (Å²) in [5, 5.41) is 0. The van der Waals surface area contributed by atoms with Crippen LogP contribution in [-0.4, -0.2) is 0 Å². The van der Waals surface area contributed by atoms with Gasteiger partial charge >= 0.3 is 0 Å². The lowest BCUT2D eigenvalue weighted by Crippen LogP contribution is -2.10. The molecule has 0 amide bonds. The van der Waals surface area contributed by atoms with Crippen molar-refractivity contribution in [2.24, 2.45) is 11.7 Å². The van der Waals surface area contributed by atoms with Gasteiger partial charge in [-0.2, -0.15) is 0 Å². The Morgan fingerprint density at radius 2 is 2.36 bits per heavy atom. The van der Waals surface area contributed by atoms with E-state index in [0.29, 0.717) is 0 Å². The maximum atomic E-state index is 5.84. The van der Waals surface area contributed by atoms with Crippen molar-refractivity contribution in [3.63, 3.8) is 0 Å². The monoisotopic (exact) mass is 149 g/mol. The highest BCUT2D eigenvalue weighted by molar-refractivity contribution is 5.37. The maximum absolute atomic E-state index is 5.84. The number of fused-ring (bicyclic) bond motifs is 1. The summed E-state index contributed by atoms with van der Waals surface area (Å²) in [4.78, 5) is 0. The lowest BCUT2D eigenvalue weighted by molar-refractivity contribution is 0.623. The zero-order valence-corrected chi connectivity index (χ0v) is 7.06. The van der Waals surface area contributed by atoms with E-state index >= 15 is 0 Å². The molecular weight excluding hydrogens is 134 g/mol. The minimum atomic E-state index is 0.849. The van der Waals surface area contributed by atoms with Crippen molar-refractivity contribution >= 4 is 0 Å². The summed E-state index contributed by atoms with van der Waals surface area (Å²) >= 11 is 0. The summed E-state index contributed by atoms with van der Waals surface area (Å²) in [6.07, 6.45) is 7.44. The molecule has 11 heavy (non-hydrogen) atoms. The van der Waals surface area contributed by atoms with Crippen molar-refractivity contribution in [2.75, 3.05) is 0 Å². The SMILES string of the molecule is CC1=C2CCCC2CC=C1N. The van der Waals surface area contributed by atoms with Crippen LogP contribution in [0.1, 0.15) is 32.6 Å². The van der Waals surface area contributed by atoms with E-state index in [2.05, 4.69) is 13.0 Å². The molecule has 1 nitrogen and oxygen atoms in total. The average molecular weight is 149 g/mol. The second kappa shape index (κ2) is 2.40. The van der Waals surface area contributed by atoms with E-state index in [1.165, 1.54) is 31.3 Å². The van der Waals surface area contributed by atoms with E-state index in [0.717, 1.165) is 11.6 Å². The van der Waals surface area contributed by atoms with Gasteiger partial charge < -0.3 is 5.73 Å². The highest BCUT2D eigenvalue weighted by Crippen LogP contribution is 2.39. The van der Waals surface area contributed by atoms with Gasteiger partial charge in [0.05, 0.1) is 0 Å². The van der Waals surface area contributed by atoms with E-state index in [-0.39, 0.29) is 0 Å². The quantitative estimate of drug-likeness (QED) is 0.562. The van der Waals surface area contributed by atoms with Gasteiger partial charge in [-0.3, -0.25) is 0 Å². The van der Waals surface area contributed by atoms with Crippen molar-refractivity contribution in [3.05, 3.63) is 22.9 Å². The number of hydrogen-bond acceptors (Lipinski definition) is 1. The second-order valence-electron chi connectivity index (χ2n) is 3.63. The van der Waals surface area contributed by atoms with E-state index in [9.17, 15) is 0 Å².